The fraction of sp³-hybridized carbons (Fsp3) is 0.577. The smallest absolute Gasteiger partial charge is 0.433 e. The first-order valence-electron chi connectivity index (χ1n) is 12.3. The highest BCUT2D eigenvalue weighted by Crippen LogP contribution is 2.65. The number of hydrogen-bond donors (Lipinski definition) is 2. The summed E-state index contributed by atoms with van der Waals surface area (Å²) in [4.78, 5) is 29.6. The van der Waals surface area contributed by atoms with E-state index in [2.05, 4.69) is 15.6 Å². The van der Waals surface area contributed by atoms with Crippen molar-refractivity contribution in [3.63, 3.8) is 0 Å². The third-order valence-corrected chi connectivity index (χ3v) is 9.17. The van der Waals surface area contributed by atoms with Crippen molar-refractivity contribution in [3.8, 4) is 0 Å². The SMILES string of the molecule is CC12CCC(C(=O)NC3CCC(Nc4cc(C(F)(F)F)nc5ccc(Cl)cc45)CC3)(OC1=O)C2(C)C. The number of halogens is 4. The number of benzene rings is 1. The first-order valence-corrected chi connectivity index (χ1v) is 12.6. The van der Waals surface area contributed by atoms with Gasteiger partial charge < -0.3 is 15.4 Å². The molecule has 1 aromatic heterocycles. The van der Waals surface area contributed by atoms with Crippen molar-refractivity contribution in [3.05, 3.63) is 35.0 Å². The van der Waals surface area contributed by atoms with Gasteiger partial charge in [-0.3, -0.25) is 9.59 Å². The van der Waals surface area contributed by atoms with Crippen LogP contribution in [0.2, 0.25) is 5.02 Å². The van der Waals surface area contributed by atoms with Gasteiger partial charge in [-0.05, 0) is 69.7 Å². The van der Waals surface area contributed by atoms with E-state index in [1.807, 2.05) is 20.8 Å². The Labute approximate surface area is 212 Å². The van der Waals surface area contributed by atoms with Crippen molar-refractivity contribution in [1.82, 2.24) is 10.3 Å². The first-order chi connectivity index (χ1) is 16.8. The van der Waals surface area contributed by atoms with Gasteiger partial charge in [-0.15, -0.1) is 0 Å². The van der Waals surface area contributed by atoms with E-state index >= 15 is 0 Å². The van der Waals surface area contributed by atoms with Gasteiger partial charge in [-0.25, -0.2) is 4.98 Å². The van der Waals surface area contributed by atoms with Crippen molar-refractivity contribution in [1.29, 1.82) is 0 Å². The molecule has 1 saturated heterocycles. The Morgan fingerprint density at radius 1 is 1.08 bits per heavy atom. The van der Waals surface area contributed by atoms with Gasteiger partial charge in [0.05, 0.1) is 10.9 Å². The van der Waals surface area contributed by atoms with Crippen LogP contribution in [0.1, 0.15) is 65.0 Å². The molecule has 1 aliphatic heterocycles. The summed E-state index contributed by atoms with van der Waals surface area (Å²) in [6.07, 6.45) is -0.826. The normalized spacial score (nSPS) is 31.4. The zero-order chi connectivity index (χ0) is 26.1. The highest BCUT2D eigenvalue weighted by Gasteiger charge is 2.75. The van der Waals surface area contributed by atoms with Crippen molar-refractivity contribution >= 4 is 40.1 Å². The van der Waals surface area contributed by atoms with Crippen LogP contribution in [-0.2, 0) is 20.5 Å². The molecule has 2 aliphatic carbocycles. The summed E-state index contributed by atoms with van der Waals surface area (Å²) in [6.45, 7) is 5.71. The summed E-state index contributed by atoms with van der Waals surface area (Å²) >= 11 is 6.10. The predicted molar refractivity (Wildman–Crippen MR) is 130 cm³/mol. The monoisotopic (exact) mass is 523 g/mol. The Balaban J connectivity index is 1.27. The average Bonchev–Trinajstić information content (AvgIpc) is 3.10. The van der Waals surface area contributed by atoms with Crippen LogP contribution in [0.15, 0.2) is 24.3 Å². The number of pyridine rings is 1. The van der Waals surface area contributed by atoms with Gasteiger partial charge in [-0.2, -0.15) is 13.2 Å². The summed E-state index contributed by atoms with van der Waals surface area (Å²) in [5, 5.41) is 7.30. The van der Waals surface area contributed by atoms with Crippen LogP contribution in [-0.4, -0.2) is 34.5 Å². The van der Waals surface area contributed by atoms with Crippen LogP contribution < -0.4 is 10.6 Å². The topological polar surface area (TPSA) is 80.3 Å². The molecule has 2 atom stereocenters. The zero-order valence-corrected chi connectivity index (χ0v) is 21.1. The Bertz CT molecular complexity index is 1240. The minimum Gasteiger partial charge on any atom is -0.448 e. The minimum absolute atomic E-state index is 0.0718. The number of anilines is 1. The second-order valence-corrected chi connectivity index (χ2v) is 11.5. The molecule has 0 radical (unpaired) electrons. The lowest BCUT2D eigenvalue weighted by molar-refractivity contribution is -0.168. The second-order valence-electron chi connectivity index (χ2n) is 11.1. The summed E-state index contributed by atoms with van der Waals surface area (Å²) in [6, 6.07) is 5.47. The predicted octanol–water partition coefficient (Wildman–Crippen LogP) is 5.87. The Morgan fingerprint density at radius 3 is 2.33 bits per heavy atom. The van der Waals surface area contributed by atoms with Crippen LogP contribution in [0.5, 0.6) is 0 Å². The Hall–Kier alpha value is -2.55. The van der Waals surface area contributed by atoms with Gasteiger partial charge in [0.25, 0.3) is 5.91 Å². The zero-order valence-electron chi connectivity index (χ0n) is 20.4. The van der Waals surface area contributed by atoms with Crippen molar-refractivity contribution < 1.29 is 27.5 Å². The van der Waals surface area contributed by atoms with Gasteiger partial charge in [0.2, 0.25) is 0 Å². The Morgan fingerprint density at radius 2 is 1.75 bits per heavy atom. The first kappa shape index (κ1) is 25.1. The quantitative estimate of drug-likeness (QED) is 0.490. The largest absolute Gasteiger partial charge is 0.448 e. The van der Waals surface area contributed by atoms with Crippen molar-refractivity contribution in [2.45, 2.75) is 83.2 Å². The van der Waals surface area contributed by atoms with Crippen LogP contribution in [0, 0.1) is 10.8 Å². The molecule has 1 amide bonds. The number of carbonyl (C=O) groups is 2. The molecular weight excluding hydrogens is 495 g/mol. The van der Waals surface area contributed by atoms with Gasteiger partial charge in [-0.1, -0.05) is 25.4 Å². The highest BCUT2D eigenvalue weighted by molar-refractivity contribution is 6.31. The number of alkyl halides is 3. The molecule has 36 heavy (non-hydrogen) atoms. The van der Waals surface area contributed by atoms with E-state index in [-0.39, 0.29) is 29.5 Å². The molecule has 10 heteroatoms. The third-order valence-electron chi connectivity index (χ3n) is 8.93. The standard InChI is InChI=1S/C26H29ClF3N3O3/c1-23(2)24(3)10-11-25(23,36-22(24)35)21(34)32-16-7-5-15(6-8-16)31-19-13-20(26(28,29)30)33-18-9-4-14(27)12-17(18)19/h4,9,12-13,15-16H,5-8,10-11H2,1-3H3,(H,31,33)(H,32,34). The number of nitrogens with one attached hydrogen (secondary N) is 2. The molecule has 2 N–H and O–H groups in total. The number of carbonyl (C=O) groups excluding carboxylic acids is 2. The molecule has 2 bridgehead atoms. The molecule has 6 nitrogen and oxygen atoms in total. The maximum absolute atomic E-state index is 13.4. The molecule has 3 fully saturated rings. The second kappa shape index (κ2) is 8.23. The summed E-state index contributed by atoms with van der Waals surface area (Å²) in [7, 11) is 0. The van der Waals surface area contributed by atoms with E-state index in [1.54, 1.807) is 6.07 Å². The molecule has 2 saturated carbocycles. The number of fused-ring (bicyclic) bond motifs is 3. The summed E-state index contributed by atoms with van der Waals surface area (Å²) in [5.74, 6) is -0.562. The molecule has 5 rings (SSSR count). The molecule has 2 unspecified atom stereocenters. The molecule has 0 spiro atoms. The molecule has 3 aliphatic rings. The van der Waals surface area contributed by atoms with Crippen molar-refractivity contribution in [2.24, 2.45) is 10.8 Å². The van der Waals surface area contributed by atoms with Gasteiger partial charge >= 0.3 is 12.1 Å². The number of hydrogen-bond acceptors (Lipinski definition) is 5. The molecule has 1 aromatic carbocycles. The van der Waals surface area contributed by atoms with Crippen molar-refractivity contribution in [2.75, 3.05) is 5.32 Å². The van der Waals surface area contributed by atoms with E-state index in [4.69, 9.17) is 16.3 Å². The number of amides is 1. The van der Waals surface area contributed by atoms with Gasteiger partial charge in [0, 0.05) is 33.6 Å². The number of ether oxygens (including phenoxy) is 1. The molecule has 194 valence electrons. The highest BCUT2D eigenvalue weighted by atomic mass is 35.5. The Kier molecular flexibility index (Phi) is 5.74. The number of nitrogens with zero attached hydrogens (tertiary/aromatic N) is 1. The minimum atomic E-state index is -4.57. The van der Waals surface area contributed by atoms with Gasteiger partial charge in [0.15, 0.2) is 5.60 Å². The molecular formula is C26H29ClF3N3O3. The van der Waals surface area contributed by atoms with Crippen LogP contribution in [0.3, 0.4) is 0 Å². The maximum atomic E-state index is 13.4. The summed E-state index contributed by atoms with van der Waals surface area (Å²) in [5.41, 5.74) is -2.84. The lowest BCUT2D eigenvalue weighted by Gasteiger charge is -2.37. The van der Waals surface area contributed by atoms with Gasteiger partial charge in [0.1, 0.15) is 5.69 Å². The van der Waals surface area contributed by atoms with E-state index in [9.17, 15) is 22.8 Å². The fourth-order valence-corrected chi connectivity index (χ4v) is 6.29. The molecule has 2 heterocycles. The third kappa shape index (κ3) is 3.73. The van der Waals surface area contributed by atoms with Crippen LogP contribution in [0.25, 0.3) is 10.9 Å². The summed E-state index contributed by atoms with van der Waals surface area (Å²) < 4.78 is 46.0. The number of aromatic nitrogens is 1. The lowest BCUT2D eigenvalue weighted by atomic mass is 9.66. The average molecular weight is 524 g/mol. The van der Waals surface area contributed by atoms with E-state index in [0.717, 1.165) is 6.07 Å². The van der Waals surface area contributed by atoms with E-state index in [1.165, 1.54) is 12.1 Å². The van der Waals surface area contributed by atoms with E-state index < -0.39 is 28.3 Å². The molecule has 2 aromatic rings. The lowest BCUT2D eigenvalue weighted by Crippen LogP contribution is -2.56. The maximum Gasteiger partial charge on any atom is 0.433 e. The fourth-order valence-electron chi connectivity index (χ4n) is 6.11. The number of esters is 1. The van der Waals surface area contributed by atoms with Crippen LogP contribution in [0.4, 0.5) is 18.9 Å². The van der Waals surface area contributed by atoms with Crippen LogP contribution >= 0.6 is 11.6 Å². The van der Waals surface area contributed by atoms with E-state index in [0.29, 0.717) is 54.6 Å². The number of rotatable bonds is 4.